The molecule has 2 aromatic carbocycles. The highest BCUT2D eigenvalue weighted by Gasteiger charge is 2.34. The molecular weight excluding hydrogens is 603 g/mol. The van der Waals surface area contributed by atoms with Crippen molar-refractivity contribution in [3.8, 4) is 0 Å². The van der Waals surface area contributed by atoms with E-state index < -0.39 is 29.1 Å². The topological polar surface area (TPSA) is 167 Å². The van der Waals surface area contributed by atoms with Gasteiger partial charge in [-0.15, -0.1) is 0 Å². The van der Waals surface area contributed by atoms with Crippen molar-refractivity contribution in [2.75, 3.05) is 52.2 Å². The standard InChI is InChI=1S/C30H47N6O6PS/c1-5-41-43(38,42-6-2)23-35-18-20-36(21-19-35)28(37)27(16-11-17-33-29(31)32)34-44(39,40)26-15-10-14-25(22-26)30(3,4)24-12-8-7-9-13-24/h7-10,12-15,22,27,34H,5-6,11,16-21,23H2,1-4H3,(H4,31,32,33)/t27-/m0/s1. The molecule has 1 aliphatic rings. The van der Waals surface area contributed by atoms with Gasteiger partial charge < -0.3 is 25.0 Å². The summed E-state index contributed by atoms with van der Waals surface area (Å²) in [7, 11) is -7.35. The molecule has 1 amide bonds. The molecule has 44 heavy (non-hydrogen) atoms. The minimum atomic E-state index is -4.07. The third-order valence-corrected chi connectivity index (χ3v) is 11.2. The molecule has 1 heterocycles. The average Bonchev–Trinajstić information content (AvgIpc) is 2.99. The number of nitrogens with zero attached hydrogens (tertiary/aromatic N) is 2. The molecule has 12 nitrogen and oxygen atoms in total. The van der Waals surface area contributed by atoms with Gasteiger partial charge in [-0.2, -0.15) is 4.72 Å². The van der Waals surface area contributed by atoms with Crippen molar-refractivity contribution >= 4 is 29.5 Å². The van der Waals surface area contributed by atoms with Gasteiger partial charge in [-0.25, -0.2) is 8.42 Å². The summed E-state index contributed by atoms with van der Waals surface area (Å²) in [6.45, 7) is 10.0. The average molecular weight is 651 g/mol. The van der Waals surface area contributed by atoms with Crippen LogP contribution in [0.3, 0.4) is 0 Å². The maximum absolute atomic E-state index is 13.7. The van der Waals surface area contributed by atoms with Crippen molar-refractivity contribution in [2.45, 2.75) is 56.9 Å². The fourth-order valence-electron chi connectivity index (χ4n) is 5.18. The van der Waals surface area contributed by atoms with Crippen LogP contribution in [0.4, 0.5) is 0 Å². The Labute approximate surface area is 261 Å². The Morgan fingerprint density at radius 1 is 1.02 bits per heavy atom. The van der Waals surface area contributed by atoms with E-state index in [2.05, 4.69) is 10.0 Å². The van der Waals surface area contributed by atoms with Gasteiger partial charge in [0.15, 0.2) is 5.96 Å². The van der Waals surface area contributed by atoms with Gasteiger partial charge in [0.25, 0.3) is 0 Å². The minimum absolute atomic E-state index is 0.0751. The number of nitrogens with one attached hydrogen (secondary N) is 3. The van der Waals surface area contributed by atoms with Gasteiger partial charge in [0.1, 0.15) is 12.3 Å². The first-order valence-corrected chi connectivity index (χ1v) is 18.2. The molecular formula is C30H47N6O6PS. The summed E-state index contributed by atoms with van der Waals surface area (Å²) in [5, 5.41) is 10.1. The van der Waals surface area contributed by atoms with Crippen LogP contribution in [0.25, 0.3) is 0 Å². The molecule has 14 heteroatoms. The highest BCUT2D eigenvalue weighted by Crippen LogP contribution is 2.48. The van der Waals surface area contributed by atoms with Crippen LogP contribution in [-0.4, -0.2) is 88.3 Å². The Morgan fingerprint density at radius 3 is 2.23 bits per heavy atom. The first kappa shape index (κ1) is 35.7. The molecule has 1 aliphatic heterocycles. The van der Waals surface area contributed by atoms with Crippen LogP contribution in [0.15, 0.2) is 59.5 Å². The molecule has 0 aromatic heterocycles. The number of hydrogen-bond donors (Lipinski definition) is 4. The van der Waals surface area contributed by atoms with Crippen molar-refractivity contribution < 1.29 is 26.8 Å². The third-order valence-electron chi connectivity index (χ3n) is 7.65. The van der Waals surface area contributed by atoms with Crippen molar-refractivity contribution in [3.05, 3.63) is 65.7 Å². The number of amides is 1. The second kappa shape index (κ2) is 16.0. The lowest BCUT2D eigenvalue weighted by molar-refractivity contribution is -0.134. The lowest BCUT2D eigenvalue weighted by atomic mass is 9.78. The summed E-state index contributed by atoms with van der Waals surface area (Å²) < 4.78 is 53.9. The molecule has 0 unspecified atom stereocenters. The number of carbonyl (C=O) groups is 1. The molecule has 244 valence electrons. The molecule has 1 fully saturated rings. The molecule has 0 saturated carbocycles. The van der Waals surface area contributed by atoms with E-state index in [0.717, 1.165) is 11.1 Å². The highest BCUT2D eigenvalue weighted by molar-refractivity contribution is 7.89. The predicted molar refractivity (Wildman–Crippen MR) is 172 cm³/mol. The number of hydrogen-bond acceptors (Lipinski definition) is 8. The van der Waals surface area contributed by atoms with E-state index in [-0.39, 0.29) is 42.7 Å². The summed E-state index contributed by atoms with van der Waals surface area (Å²) in [5.74, 6) is -0.534. The molecule has 0 aliphatic carbocycles. The summed E-state index contributed by atoms with van der Waals surface area (Å²) >= 11 is 0. The van der Waals surface area contributed by atoms with E-state index in [1.165, 1.54) is 6.07 Å². The molecule has 1 atom stereocenters. The van der Waals surface area contributed by atoms with Gasteiger partial charge in [-0.3, -0.25) is 19.7 Å². The second-order valence-electron chi connectivity index (χ2n) is 11.2. The quantitative estimate of drug-likeness (QED) is 0.0923. The zero-order chi connectivity index (χ0) is 32.4. The normalized spacial score (nSPS) is 15.6. The first-order chi connectivity index (χ1) is 20.8. The van der Waals surface area contributed by atoms with Crippen LogP contribution in [0.5, 0.6) is 0 Å². The minimum Gasteiger partial charge on any atom is -0.370 e. The molecule has 5 N–H and O–H groups in total. The van der Waals surface area contributed by atoms with Crippen LogP contribution in [-0.2, 0) is 33.8 Å². The van der Waals surface area contributed by atoms with Gasteiger partial charge in [-0.1, -0.05) is 56.3 Å². The molecule has 3 rings (SSSR count). The Hall–Kier alpha value is -2.80. The molecule has 1 saturated heterocycles. The van der Waals surface area contributed by atoms with Gasteiger partial charge in [-0.05, 0) is 49.9 Å². The predicted octanol–water partition coefficient (Wildman–Crippen LogP) is 3.29. The van der Waals surface area contributed by atoms with E-state index in [0.29, 0.717) is 39.1 Å². The zero-order valence-corrected chi connectivity index (χ0v) is 27.8. The van der Waals surface area contributed by atoms with E-state index in [9.17, 15) is 17.8 Å². The van der Waals surface area contributed by atoms with Crippen molar-refractivity contribution in [1.82, 2.24) is 19.8 Å². The maximum atomic E-state index is 13.7. The van der Waals surface area contributed by atoms with E-state index in [1.54, 1.807) is 30.9 Å². The fourth-order valence-corrected chi connectivity index (χ4v) is 8.24. The number of benzene rings is 2. The van der Waals surface area contributed by atoms with Crippen LogP contribution in [0.2, 0.25) is 0 Å². The van der Waals surface area contributed by atoms with Gasteiger partial charge in [0.05, 0.1) is 18.1 Å². The summed E-state index contributed by atoms with van der Waals surface area (Å²) in [6.07, 6.45) is 0.738. The lowest BCUT2D eigenvalue weighted by Gasteiger charge is -2.37. The van der Waals surface area contributed by atoms with E-state index >= 15 is 0 Å². The van der Waals surface area contributed by atoms with Crippen LogP contribution in [0.1, 0.15) is 51.7 Å². The number of piperazine rings is 1. The molecule has 0 bridgehead atoms. The monoisotopic (exact) mass is 650 g/mol. The first-order valence-electron chi connectivity index (χ1n) is 15.0. The maximum Gasteiger partial charge on any atom is 0.344 e. The number of carbonyl (C=O) groups excluding carboxylic acids is 1. The largest absolute Gasteiger partial charge is 0.370 e. The van der Waals surface area contributed by atoms with E-state index in [1.807, 2.05) is 55.1 Å². The third kappa shape index (κ3) is 9.85. The summed E-state index contributed by atoms with van der Waals surface area (Å²) in [4.78, 5) is 17.4. The van der Waals surface area contributed by atoms with Crippen molar-refractivity contribution in [3.63, 3.8) is 0 Å². The number of guanidine groups is 1. The fraction of sp³-hybridized carbons (Fsp3) is 0.533. The van der Waals surface area contributed by atoms with Crippen molar-refractivity contribution in [2.24, 2.45) is 5.73 Å². The number of sulfonamides is 1. The summed E-state index contributed by atoms with van der Waals surface area (Å²) in [6, 6.07) is 15.6. The number of rotatable bonds is 16. The smallest absolute Gasteiger partial charge is 0.344 e. The van der Waals surface area contributed by atoms with Crippen LogP contribution < -0.4 is 15.8 Å². The molecule has 2 aromatic rings. The Morgan fingerprint density at radius 2 is 1.64 bits per heavy atom. The van der Waals surface area contributed by atoms with E-state index in [4.69, 9.17) is 20.2 Å². The Kier molecular flexibility index (Phi) is 12.9. The highest BCUT2D eigenvalue weighted by atomic mass is 32.2. The van der Waals surface area contributed by atoms with Gasteiger partial charge in [0.2, 0.25) is 15.9 Å². The van der Waals surface area contributed by atoms with Gasteiger partial charge >= 0.3 is 7.60 Å². The Balaban J connectivity index is 1.76. The van der Waals surface area contributed by atoms with Crippen LogP contribution >= 0.6 is 7.60 Å². The zero-order valence-electron chi connectivity index (χ0n) is 26.1. The lowest BCUT2D eigenvalue weighted by Crippen LogP contribution is -2.55. The van der Waals surface area contributed by atoms with Gasteiger partial charge in [0, 0.05) is 38.1 Å². The van der Waals surface area contributed by atoms with Crippen LogP contribution in [0, 0.1) is 5.41 Å². The molecule has 0 spiro atoms. The second-order valence-corrected chi connectivity index (χ2v) is 14.9. The Bertz CT molecular complexity index is 1390. The number of nitrogens with two attached hydrogens (primary N) is 1. The SMILES string of the molecule is CCOP(=O)(CN1CCN(C(=O)[C@H](CCCNC(=N)N)NS(=O)(=O)c2cccc(C(C)(C)c3ccccc3)c2)CC1)OCC. The molecule has 0 radical (unpaired) electrons. The van der Waals surface area contributed by atoms with Crippen molar-refractivity contribution in [1.29, 1.82) is 5.41 Å². The summed E-state index contributed by atoms with van der Waals surface area (Å²) in [5.41, 5.74) is 6.82.